The molecule has 0 aromatic carbocycles. The van der Waals surface area contributed by atoms with Crippen molar-refractivity contribution in [2.75, 3.05) is 0 Å². The van der Waals surface area contributed by atoms with Gasteiger partial charge in [-0.05, 0) is 11.6 Å². The Labute approximate surface area is 127 Å². The number of amides is 2. The molecule has 8 heteroatoms. The lowest BCUT2D eigenvalue weighted by molar-refractivity contribution is -0.143. The molecule has 2 heterocycles. The van der Waals surface area contributed by atoms with Crippen molar-refractivity contribution >= 4 is 45.3 Å². The van der Waals surface area contributed by atoms with E-state index in [1.165, 1.54) is 12.3 Å². The third-order valence-corrected chi connectivity index (χ3v) is 4.52. The van der Waals surface area contributed by atoms with Crippen molar-refractivity contribution in [3.63, 3.8) is 0 Å². The van der Waals surface area contributed by atoms with Crippen LogP contribution in [0.4, 0.5) is 0 Å². The summed E-state index contributed by atoms with van der Waals surface area (Å²) in [5, 5.41) is 11.8. The number of aromatic nitrogens is 1. The van der Waals surface area contributed by atoms with Gasteiger partial charge in [-0.15, -0.1) is 0 Å². The summed E-state index contributed by atoms with van der Waals surface area (Å²) in [5.74, 6) is -3.24. The van der Waals surface area contributed by atoms with Crippen molar-refractivity contribution in [2.45, 2.75) is 17.2 Å². The lowest BCUT2D eigenvalue weighted by Crippen LogP contribution is -2.45. The Hall–Kier alpha value is -1.47. The number of carbonyl (C=O) groups excluding carboxylic acids is 2. The van der Waals surface area contributed by atoms with E-state index in [4.69, 9.17) is 11.6 Å². The summed E-state index contributed by atoms with van der Waals surface area (Å²) in [6.45, 7) is 0. The number of carbonyl (C=O) groups is 3. The third kappa shape index (κ3) is 2.83. The molecule has 0 bridgehead atoms. The topological polar surface area (TPSA) is 96.4 Å². The van der Waals surface area contributed by atoms with E-state index in [0.717, 1.165) is 0 Å². The molecule has 0 spiro atoms. The van der Waals surface area contributed by atoms with Gasteiger partial charge in [0.2, 0.25) is 11.8 Å². The smallest absolute Gasteiger partial charge is 0.321 e. The average molecular weight is 362 g/mol. The maximum Gasteiger partial charge on any atom is 0.321 e. The highest BCUT2D eigenvalue weighted by atomic mass is 79.9. The molecule has 2 atom stereocenters. The quantitative estimate of drug-likeness (QED) is 0.476. The predicted octanol–water partition coefficient (Wildman–Crippen LogP) is 1.16. The summed E-state index contributed by atoms with van der Waals surface area (Å²) in [5.41, 5.74) is 0.598. The number of nitrogens with zero attached hydrogens (tertiary/aromatic N) is 1. The van der Waals surface area contributed by atoms with Gasteiger partial charge in [-0.3, -0.25) is 19.7 Å². The first-order valence-corrected chi connectivity index (χ1v) is 6.86. The van der Waals surface area contributed by atoms with Crippen LogP contribution in [0.3, 0.4) is 0 Å². The highest BCUT2D eigenvalue weighted by Gasteiger charge is 2.51. The van der Waals surface area contributed by atoms with E-state index in [9.17, 15) is 19.5 Å². The molecule has 2 unspecified atom stereocenters. The number of rotatable bonds is 4. The Kier molecular flexibility index (Phi) is 4.10. The Morgan fingerprint density at radius 2 is 2.25 bits per heavy atom. The minimum absolute atomic E-state index is 0.0118. The molecule has 1 aromatic heterocycles. The molecule has 20 heavy (non-hydrogen) atoms. The second-order valence-electron chi connectivity index (χ2n) is 4.50. The van der Waals surface area contributed by atoms with Gasteiger partial charge in [0.1, 0.15) is 9.48 Å². The fraction of sp³-hybridized carbons (Fsp3) is 0.333. The number of imide groups is 1. The fourth-order valence-corrected chi connectivity index (χ4v) is 2.88. The SMILES string of the molecule is O=C1CC(C(Br)(Cc2ccc(Cl)nc2)C(=O)O)C(=O)N1. The van der Waals surface area contributed by atoms with Gasteiger partial charge in [0.25, 0.3) is 0 Å². The first kappa shape index (κ1) is 14.9. The zero-order chi connectivity index (χ0) is 14.9. The van der Waals surface area contributed by atoms with Crippen molar-refractivity contribution < 1.29 is 19.5 Å². The molecule has 1 saturated heterocycles. The zero-order valence-electron chi connectivity index (χ0n) is 10.1. The summed E-state index contributed by atoms with van der Waals surface area (Å²) in [7, 11) is 0. The molecule has 0 saturated carbocycles. The first-order valence-electron chi connectivity index (χ1n) is 5.69. The monoisotopic (exact) mass is 360 g/mol. The van der Waals surface area contributed by atoms with Crippen LogP contribution in [0.15, 0.2) is 18.3 Å². The van der Waals surface area contributed by atoms with Gasteiger partial charge in [0.15, 0.2) is 0 Å². The van der Waals surface area contributed by atoms with Gasteiger partial charge in [0.05, 0.1) is 5.92 Å². The Bertz CT molecular complexity index is 577. The van der Waals surface area contributed by atoms with Crippen molar-refractivity contribution in [1.29, 1.82) is 0 Å². The number of carboxylic acid groups (broad SMARTS) is 1. The van der Waals surface area contributed by atoms with Crippen LogP contribution >= 0.6 is 27.5 Å². The highest BCUT2D eigenvalue weighted by molar-refractivity contribution is 9.10. The van der Waals surface area contributed by atoms with Crippen LogP contribution in [0, 0.1) is 5.92 Å². The lowest BCUT2D eigenvalue weighted by Gasteiger charge is -2.26. The molecule has 1 aliphatic heterocycles. The minimum Gasteiger partial charge on any atom is -0.480 e. The van der Waals surface area contributed by atoms with Crippen LogP contribution in [-0.2, 0) is 20.8 Å². The van der Waals surface area contributed by atoms with Gasteiger partial charge < -0.3 is 5.11 Å². The number of hydrogen-bond acceptors (Lipinski definition) is 4. The van der Waals surface area contributed by atoms with E-state index >= 15 is 0 Å². The molecule has 0 radical (unpaired) electrons. The number of aliphatic carboxylic acids is 1. The third-order valence-electron chi connectivity index (χ3n) is 3.13. The van der Waals surface area contributed by atoms with Crippen molar-refractivity contribution in [3.05, 3.63) is 29.0 Å². The van der Waals surface area contributed by atoms with Crippen LogP contribution in [0.1, 0.15) is 12.0 Å². The minimum atomic E-state index is -1.56. The second-order valence-corrected chi connectivity index (χ2v) is 6.31. The van der Waals surface area contributed by atoms with Crippen LogP contribution in [0.5, 0.6) is 0 Å². The van der Waals surface area contributed by atoms with Gasteiger partial charge in [-0.2, -0.15) is 0 Å². The standard InChI is InChI=1S/C12H10BrClN2O4/c13-12(11(19)20,7-3-9(17)16-10(7)18)4-6-1-2-8(14)15-5-6/h1-2,5,7H,3-4H2,(H,19,20)(H,16,17,18). The zero-order valence-corrected chi connectivity index (χ0v) is 12.4. The number of pyridine rings is 1. The predicted molar refractivity (Wildman–Crippen MR) is 73.5 cm³/mol. The van der Waals surface area contributed by atoms with Crippen LogP contribution in [0.2, 0.25) is 5.15 Å². The van der Waals surface area contributed by atoms with Crippen molar-refractivity contribution in [2.24, 2.45) is 5.92 Å². The molecule has 106 valence electrons. The normalized spacial score (nSPS) is 21.4. The number of alkyl halides is 1. The Balaban J connectivity index is 2.30. The molecule has 1 aliphatic rings. The lowest BCUT2D eigenvalue weighted by atomic mass is 9.85. The van der Waals surface area contributed by atoms with Gasteiger partial charge in [0, 0.05) is 19.0 Å². The first-order chi connectivity index (χ1) is 9.33. The molecule has 2 N–H and O–H groups in total. The molecule has 1 fully saturated rings. The van der Waals surface area contributed by atoms with E-state index in [1.54, 1.807) is 6.07 Å². The number of halogens is 2. The molecule has 2 rings (SSSR count). The van der Waals surface area contributed by atoms with Gasteiger partial charge in [-0.25, -0.2) is 4.98 Å². The number of nitrogens with one attached hydrogen (secondary N) is 1. The van der Waals surface area contributed by atoms with Crippen molar-refractivity contribution in [1.82, 2.24) is 10.3 Å². The molecule has 2 amide bonds. The van der Waals surface area contributed by atoms with E-state index in [0.29, 0.717) is 5.56 Å². The van der Waals surface area contributed by atoms with E-state index < -0.39 is 28.0 Å². The van der Waals surface area contributed by atoms with Gasteiger partial charge in [-0.1, -0.05) is 33.6 Å². The van der Waals surface area contributed by atoms with Crippen LogP contribution < -0.4 is 5.32 Å². The van der Waals surface area contributed by atoms with Gasteiger partial charge >= 0.3 is 5.97 Å². The summed E-state index contributed by atoms with van der Waals surface area (Å²) < 4.78 is -1.56. The number of carboxylic acids is 1. The summed E-state index contributed by atoms with van der Waals surface area (Å²) in [4.78, 5) is 38.4. The molecule has 0 aliphatic carbocycles. The summed E-state index contributed by atoms with van der Waals surface area (Å²) in [6.07, 6.45) is 1.30. The van der Waals surface area contributed by atoms with E-state index in [2.05, 4.69) is 26.2 Å². The molecular weight excluding hydrogens is 351 g/mol. The molecule has 1 aromatic rings. The summed E-state index contributed by atoms with van der Waals surface area (Å²) >= 11 is 8.79. The Morgan fingerprint density at radius 3 is 2.70 bits per heavy atom. The van der Waals surface area contributed by atoms with Crippen LogP contribution in [0.25, 0.3) is 0 Å². The fourth-order valence-electron chi connectivity index (χ4n) is 2.08. The van der Waals surface area contributed by atoms with Crippen LogP contribution in [-0.4, -0.2) is 32.2 Å². The number of hydrogen-bond donors (Lipinski definition) is 2. The second kappa shape index (κ2) is 5.49. The van der Waals surface area contributed by atoms with E-state index in [1.807, 2.05) is 0 Å². The van der Waals surface area contributed by atoms with E-state index in [-0.39, 0.29) is 18.0 Å². The van der Waals surface area contributed by atoms with Crippen molar-refractivity contribution in [3.8, 4) is 0 Å². The Morgan fingerprint density at radius 1 is 1.55 bits per heavy atom. The average Bonchev–Trinajstić information content (AvgIpc) is 2.71. The molecular formula is C12H10BrClN2O4. The highest BCUT2D eigenvalue weighted by Crippen LogP contribution is 2.37. The maximum absolute atomic E-state index is 11.7. The summed E-state index contributed by atoms with van der Waals surface area (Å²) in [6, 6.07) is 3.16. The molecule has 6 nitrogen and oxygen atoms in total. The maximum atomic E-state index is 11.7. The largest absolute Gasteiger partial charge is 0.480 e.